The number of nitrogen functional groups attached to an aromatic ring is 1. The van der Waals surface area contributed by atoms with Crippen LogP contribution in [0.3, 0.4) is 0 Å². The highest BCUT2D eigenvalue weighted by atomic mass is 79.9. The summed E-state index contributed by atoms with van der Waals surface area (Å²) in [5.41, 5.74) is 7.44. The fourth-order valence-electron chi connectivity index (χ4n) is 1.91. The third-order valence-electron chi connectivity index (χ3n) is 2.96. The molecule has 0 aliphatic rings. The van der Waals surface area contributed by atoms with E-state index in [9.17, 15) is 4.79 Å². The highest BCUT2D eigenvalue weighted by Crippen LogP contribution is 2.29. The lowest BCUT2D eigenvalue weighted by Gasteiger charge is -2.18. The number of nitrogens with zero attached hydrogens (tertiary/aromatic N) is 1. The molecule has 0 radical (unpaired) electrons. The Kier molecular flexibility index (Phi) is 5.14. The molecule has 0 aliphatic carbocycles. The largest absolute Gasteiger partial charge is 0.399 e. The first-order valence-corrected chi connectivity index (χ1v) is 7.68. The number of halogens is 3. The molecule has 0 heterocycles. The Morgan fingerprint density at radius 3 is 2.48 bits per heavy atom. The van der Waals surface area contributed by atoms with Crippen molar-refractivity contribution in [2.24, 2.45) is 0 Å². The number of anilines is 1. The fraction of sp³-hybridized carbons (Fsp3) is 0.133. The van der Waals surface area contributed by atoms with Crippen molar-refractivity contribution < 1.29 is 4.79 Å². The first-order valence-electron chi connectivity index (χ1n) is 6.13. The van der Waals surface area contributed by atoms with E-state index in [4.69, 9.17) is 28.9 Å². The van der Waals surface area contributed by atoms with Gasteiger partial charge in [0.05, 0.1) is 15.6 Å². The minimum absolute atomic E-state index is 0.221. The maximum absolute atomic E-state index is 12.5. The second-order valence-corrected chi connectivity index (χ2v) is 6.35. The molecule has 2 aromatic rings. The van der Waals surface area contributed by atoms with Gasteiger partial charge in [0, 0.05) is 23.8 Å². The molecule has 21 heavy (non-hydrogen) atoms. The van der Waals surface area contributed by atoms with Crippen molar-refractivity contribution >= 4 is 50.7 Å². The van der Waals surface area contributed by atoms with Gasteiger partial charge in [-0.05, 0) is 29.8 Å². The molecular weight excluding hydrogens is 375 g/mol. The van der Waals surface area contributed by atoms with Crippen molar-refractivity contribution in [1.82, 2.24) is 4.90 Å². The molecule has 1 amide bonds. The van der Waals surface area contributed by atoms with E-state index in [1.165, 1.54) is 12.1 Å². The van der Waals surface area contributed by atoms with Gasteiger partial charge in [-0.25, -0.2) is 0 Å². The van der Waals surface area contributed by atoms with E-state index >= 15 is 0 Å². The van der Waals surface area contributed by atoms with Crippen LogP contribution in [0.5, 0.6) is 0 Å². The molecule has 6 heteroatoms. The van der Waals surface area contributed by atoms with Crippen molar-refractivity contribution in [1.29, 1.82) is 0 Å². The van der Waals surface area contributed by atoms with Gasteiger partial charge in [-0.15, -0.1) is 0 Å². The second-order valence-electron chi connectivity index (χ2n) is 4.65. The summed E-state index contributed by atoms with van der Waals surface area (Å²) in [5.74, 6) is -0.225. The number of benzene rings is 2. The van der Waals surface area contributed by atoms with Gasteiger partial charge in [0.15, 0.2) is 0 Å². The third kappa shape index (κ3) is 3.90. The topological polar surface area (TPSA) is 46.3 Å². The lowest BCUT2D eigenvalue weighted by atomic mass is 10.1. The normalized spacial score (nSPS) is 10.5. The van der Waals surface area contributed by atoms with Crippen LogP contribution in [0.15, 0.2) is 40.9 Å². The van der Waals surface area contributed by atoms with Crippen molar-refractivity contribution in [2.45, 2.75) is 6.54 Å². The fourth-order valence-corrected chi connectivity index (χ4v) is 2.59. The van der Waals surface area contributed by atoms with Crippen LogP contribution in [-0.4, -0.2) is 17.9 Å². The van der Waals surface area contributed by atoms with E-state index in [1.807, 2.05) is 24.3 Å². The van der Waals surface area contributed by atoms with Crippen LogP contribution in [0.25, 0.3) is 0 Å². The van der Waals surface area contributed by atoms with Crippen LogP contribution in [0.4, 0.5) is 5.69 Å². The number of nitrogens with two attached hydrogens (primary N) is 1. The third-order valence-corrected chi connectivity index (χ3v) is 4.29. The predicted molar refractivity (Wildman–Crippen MR) is 90.8 cm³/mol. The SMILES string of the molecule is CN(Cc1ccc(Br)cc1)C(=O)c1cc(N)cc(Cl)c1Cl. The quantitative estimate of drug-likeness (QED) is 0.781. The van der Waals surface area contributed by atoms with Gasteiger partial charge in [-0.1, -0.05) is 51.3 Å². The van der Waals surface area contributed by atoms with E-state index < -0.39 is 0 Å². The second kappa shape index (κ2) is 6.69. The summed E-state index contributed by atoms with van der Waals surface area (Å²) in [5, 5.41) is 0.496. The summed E-state index contributed by atoms with van der Waals surface area (Å²) in [6, 6.07) is 10.8. The molecular formula is C15H13BrCl2N2O. The Morgan fingerprint density at radius 1 is 1.24 bits per heavy atom. The van der Waals surface area contributed by atoms with E-state index in [0.29, 0.717) is 17.8 Å². The van der Waals surface area contributed by atoms with E-state index in [0.717, 1.165) is 10.0 Å². The first-order chi connectivity index (χ1) is 9.88. The molecule has 2 rings (SSSR count). The molecule has 2 N–H and O–H groups in total. The standard InChI is InChI=1S/C15H13BrCl2N2O/c1-20(8-9-2-4-10(16)5-3-9)15(21)12-6-11(19)7-13(17)14(12)18/h2-7H,8,19H2,1H3. The van der Waals surface area contributed by atoms with Crippen LogP contribution in [0.2, 0.25) is 10.0 Å². The van der Waals surface area contributed by atoms with Crippen molar-refractivity contribution in [3.63, 3.8) is 0 Å². The van der Waals surface area contributed by atoms with Crippen LogP contribution in [0, 0.1) is 0 Å². The van der Waals surface area contributed by atoms with Gasteiger partial charge in [0.25, 0.3) is 5.91 Å². The highest BCUT2D eigenvalue weighted by molar-refractivity contribution is 9.10. The lowest BCUT2D eigenvalue weighted by molar-refractivity contribution is 0.0785. The molecule has 0 fully saturated rings. The summed E-state index contributed by atoms with van der Waals surface area (Å²) in [4.78, 5) is 14.0. The number of rotatable bonds is 3. The summed E-state index contributed by atoms with van der Waals surface area (Å²) >= 11 is 15.4. The average molecular weight is 388 g/mol. The Labute approximate surface area is 141 Å². The Bertz CT molecular complexity index is 674. The monoisotopic (exact) mass is 386 g/mol. The zero-order valence-electron chi connectivity index (χ0n) is 11.2. The zero-order chi connectivity index (χ0) is 15.6. The molecule has 0 bridgehead atoms. The molecule has 3 nitrogen and oxygen atoms in total. The van der Waals surface area contributed by atoms with Crippen molar-refractivity contribution in [3.8, 4) is 0 Å². The molecule has 0 unspecified atom stereocenters. The number of carbonyl (C=O) groups is 1. The minimum Gasteiger partial charge on any atom is -0.399 e. The van der Waals surface area contributed by atoms with Gasteiger partial charge >= 0.3 is 0 Å². The van der Waals surface area contributed by atoms with Gasteiger partial charge in [-0.2, -0.15) is 0 Å². The molecule has 2 aromatic carbocycles. The summed E-state index contributed by atoms with van der Waals surface area (Å²) in [6.07, 6.45) is 0. The summed E-state index contributed by atoms with van der Waals surface area (Å²) in [6.45, 7) is 0.467. The number of hydrogen-bond donors (Lipinski definition) is 1. The molecule has 0 aliphatic heterocycles. The minimum atomic E-state index is -0.225. The van der Waals surface area contributed by atoms with E-state index in [1.54, 1.807) is 11.9 Å². The smallest absolute Gasteiger partial charge is 0.255 e. The maximum Gasteiger partial charge on any atom is 0.255 e. The van der Waals surface area contributed by atoms with Gasteiger partial charge < -0.3 is 10.6 Å². The van der Waals surface area contributed by atoms with Gasteiger partial charge in [0.2, 0.25) is 0 Å². The number of hydrogen-bond acceptors (Lipinski definition) is 2. The van der Waals surface area contributed by atoms with Gasteiger partial charge in [0.1, 0.15) is 0 Å². The Hall–Kier alpha value is -1.23. The van der Waals surface area contributed by atoms with Crippen LogP contribution >= 0.6 is 39.1 Å². The Balaban J connectivity index is 2.21. The highest BCUT2D eigenvalue weighted by Gasteiger charge is 2.18. The van der Waals surface area contributed by atoms with E-state index in [2.05, 4.69) is 15.9 Å². The molecule has 0 saturated heterocycles. The van der Waals surface area contributed by atoms with Crippen LogP contribution in [-0.2, 0) is 6.54 Å². The zero-order valence-corrected chi connectivity index (χ0v) is 14.3. The van der Waals surface area contributed by atoms with Crippen molar-refractivity contribution in [2.75, 3.05) is 12.8 Å². The molecule has 110 valence electrons. The van der Waals surface area contributed by atoms with Crippen LogP contribution < -0.4 is 5.73 Å². The van der Waals surface area contributed by atoms with Crippen LogP contribution in [0.1, 0.15) is 15.9 Å². The molecule has 0 atom stereocenters. The molecule has 0 spiro atoms. The summed E-state index contributed by atoms with van der Waals surface area (Å²) < 4.78 is 0.992. The van der Waals surface area contributed by atoms with Crippen molar-refractivity contribution in [3.05, 3.63) is 62.0 Å². The van der Waals surface area contributed by atoms with Gasteiger partial charge in [-0.3, -0.25) is 4.79 Å². The molecule has 0 aromatic heterocycles. The van der Waals surface area contributed by atoms with E-state index in [-0.39, 0.29) is 16.0 Å². The molecule has 0 saturated carbocycles. The predicted octanol–water partition coefficient (Wildman–Crippen LogP) is 4.61. The number of amides is 1. The number of carbonyl (C=O) groups excluding carboxylic acids is 1. The maximum atomic E-state index is 12.5. The average Bonchev–Trinajstić information content (AvgIpc) is 2.44. The first kappa shape index (κ1) is 16.1. The Morgan fingerprint density at radius 2 is 1.86 bits per heavy atom. The summed E-state index contributed by atoms with van der Waals surface area (Å²) in [7, 11) is 1.71. The lowest BCUT2D eigenvalue weighted by Crippen LogP contribution is -2.26.